The third-order valence-electron chi connectivity index (χ3n) is 4.12. The summed E-state index contributed by atoms with van der Waals surface area (Å²) in [5.41, 5.74) is 2.38. The highest BCUT2D eigenvalue weighted by atomic mass is 35.5. The summed E-state index contributed by atoms with van der Waals surface area (Å²) < 4.78 is 10.4. The molecule has 0 atom stereocenters. The number of carbonyl (C=O) groups excluding carboxylic acids is 1. The molecule has 29 heavy (non-hydrogen) atoms. The molecule has 146 valence electrons. The van der Waals surface area contributed by atoms with Crippen LogP contribution in [0, 0.1) is 11.3 Å². The molecule has 7 nitrogen and oxygen atoms in total. The number of ether oxygens (including phenoxy) is 2. The van der Waals surface area contributed by atoms with Crippen molar-refractivity contribution >= 4 is 29.3 Å². The Morgan fingerprint density at radius 2 is 1.97 bits per heavy atom. The maximum absolute atomic E-state index is 12.6. The topological polar surface area (TPSA) is 100 Å². The molecule has 1 heterocycles. The zero-order chi connectivity index (χ0) is 20.8. The Morgan fingerprint density at radius 3 is 2.62 bits per heavy atom. The summed E-state index contributed by atoms with van der Waals surface area (Å²) in [5.74, 6) is 0.565. The molecule has 0 aliphatic heterocycles. The number of hydrogen-bond acceptors (Lipinski definition) is 5. The van der Waals surface area contributed by atoms with Crippen molar-refractivity contribution in [2.75, 3.05) is 19.5 Å². The van der Waals surface area contributed by atoms with E-state index in [0.717, 1.165) is 11.3 Å². The molecule has 0 radical (unpaired) electrons. The molecular formula is C21H17ClN4O3. The normalized spacial score (nSPS) is 10.9. The molecule has 0 aliphatic rings. The third kappa shape index (κ3) is 4.57. The van der Waals surface area contributed by atoms with E-state index < -0.39 is 5.91 Å². The van der Waals surface area contributed by atoms with Gasteiger partial charge in [0.1, 0.15) is 23.1 Å². The number of aromatic amines is 1. The zero-order valence-electron chi connectivity index (χ0n) is 15.7. The lowest BCUT2D eigenvalue weighted by molar-refractivity contribution is -0.112. The molecule has 0 fully saturated rings. The van der Waals surface area contributed by atoms with Gasteiger partial charge in [-0.15, -0.1) is 0 Å². The van der Waals surface area contributed by atoms with Gasteiger partial charge in [-0.2, -0.15) is 10.4 Å². The van der Waals surface area contributed by atoms with E-state index in [1.807, 2.05) is 30.3 Å². The van der Waals surface area contributed by atoms with Crippen molar-refractivity contribution in [2.24, 2.45) is 0 Å². The second-order valence-electron chi connectivity index (χ2n) is 5.90. The van der Waals surface area contributed by atoms with Gasteiger partial charge >= 0.3 is 0 Å². The fraction of sp³-hybridized carbons (Fsp3) is 0.0952. The molecule has 1 amide bonds. The summed E-state index contributed by atoms with van der Waals surface area (Å²) in [7, 11) is 3.07. The van der Waals surface area contributed by atoms with E-state index in [0.29, 0.717) is 27.7 Å². The molecule has 0 saturated carbocycles. The fourth-order valence-corrected chi connectivity index (χ4v) is 2.84. The quantitative estimate of drug-likeness (QED) is 0.468. The minimum atomic E-state index is -0.588. The SMILES string of the molecule is COc1ccc(-c2[nH]ncc2/C=C(/C#N)C(=O)Nc2cc(Cl)ccc2OC)cc1. The highest BCUT2D eigenvalue weighted by molar-refractivity contribution is 6.31. The number of rotatable bonds is 6. The van der Waals surface area contributed by atoms with Gasteiger partial charge in [-0.25, -0.2) is 0 Å². The van der Waals surface area contributed by atoms with Crippen LogP contribution in [0.5, 0.6) is 11.5 Å². The smallest absolute Gasteiger partial charge is 0.266 e. The van der Waals surface area contributed by atoms with Gasteiger partial charge in [0.25, 0.3) is 5.91 Å². The molecule has 0 bridgehead atoms. The molecule has 1 aromatic heterocycles. The van der Waals surface area contributed by atoms with Crippen molar-refractivity contribution in [3.05, 3.63) is 64.8 Å². The lowest BCUT2D eigenvalue weighted by Gasteiger charge is -2.10. The van der Waals surface area contributed by atoms with E-state index in [9.17, 15) is 10.1 Å². The number of benzene rings is 2. The van der Waals surface area contributed by atoms with Crippen LogP contribution in [0.1, 0.15) is 5.56 Å². The molecule has 0 unspecified atom stereocenters. The summed E-state index contributed by atoms with van der Waals surface area (Å²) in [6, 6.07) is 14.1. The molecule has 3 rings (SSSR count). The van der Waals surface area contributed by atoms with Crippen molar-refractivity contribution < 1.29 is 14.3 Å². The van der Waals surface area contributed by atoms with Gasteiger partial charge in [-0.1, -0.05) is 11.6 Å². The molecule has 3 aromatic rings. The zero-order valence-corrected chi connectivity index (χ0v) is 16.4. The first kappa shape index (κ1) is 20.0. The lowest BCUT2D eigenvalue weighted by atomic mass is 10.1. The van der Waals surface area contributed by atoms with E-state index in [2.05, 4.69) is 15.5 Å². The Morgan fingerprint density at radius 1 is 1.21 bits per heavy atom. The molecule has 2 N–H and O–H groups in total. The monoisotopic (exact) mass is 408 g/mol. The van der Waals surface area contributed by atoms with Gasteiger partial charge in [0, 0.05) is 16.1 Å². The van der Waals surface area contributed by atoms with Gasteiger partial charge in [0.15, 0.2) is 0 Å². The highest BCUT2D eigenvalue weighted by Crippen LogP contribution is 2.29. The van der Waals surface area contributed by atoms with Gasteiger partial charge in [-0.3, -0.25) is 9.89 Å². The number of nitrogens with zero attached hydrogens (tertiary/aromatic N) is 2. The molecular weight excluding hydrogens is 392 g/mol. The predicted octanol–water partition coefficient (Wildman–Crippen LogP) is 4.29. The second kappa shape index (κ2) is 8.95. The summed E-state index contributed by atoms with van der Waals surface area (Å²) in [4.78, 5) is 12.6. The van der Waals surface area contributed by atoms with Gasteiger partial charge in [0.05, 0.1) is 31.8 Å². The molecule has 2 aromatic carbocycles. The van der Waals surface area contributed by atoms with E-state index in [-0.39, 0.29) is 5.57 Å². The maximum Gasteiger partial charge on any atom is 0.266 e. The number of halogens is 1. The number of aromatic nitrogens is 2. The van der Waals surface area contributed by atoms with E-state index >= 15 is 0 Å². The maximum atomic E-state index is 12.6. The number of H-pyrrole nitrogens is 1. The van der Waals surface area contributed by atoms with Crippen LogP contribution in [0.25, 0.3) is 17.3 Å². The molecule has 8 heteroatoms. The Bertz CT molecular complexity index is 1100. The Hall–Kier alpha value is -3.76. The number of nitrogens with one attached hydrogen (secondary N) is 2. The third-order valence-corrected chi connectivity index (χ3v) is 4.36. The summed E-state index contributed by atoms with van der Waals surface area (Å²) in [6.07, 6.45) is 3.01. The van der Waals surface area contributed by atoms with Crippen molar-refractivity contribution in [3.8, 4) is 28.8 Å². The van der Waals surface area contributed by atoms with Crippen molar-refractivity contribution in [1.82, 2.24) is 10.2 Å². The predicted molar refractivity (Wildman–Crippen MR) is 111 cm³/mol. The van der Waals surface area contributed by atoms with Crippen LogP contribution in [0.4, 0.5) is 5.69 Å². The largest absolute Gasteiger partial charge is 0.497 e. The van der Waals surface area contributed by atoms with Crippen molar-refractivity contribution in [2.45, 2.75) is 0 Å². The van der Waals surface area contributed by atoms with E-state index in [1.54, 1.807) is 31.5 Å². The first-order valence-corrected chi connectivity index (χ1v) is 8.88. The number of carbonyl (C=O) groups is 1. The standard InChI is InChI=1S/C21H17ClN4O3/c1-28-17-6-3-13(4-7-17)20-15(12-24-26-20)9-14(11-23)21(27)25-18-10-16(22)5-8-19(18)29-2/h3-10,12H,1-2H3,(H,24,26)(H,25,27)/b14-9-. The van der Waals surface area contributed by atoms with Crippen LogP contribution in [-0.2, 0) is 4.79 Å². The van der Waals surface area contributed by atoms with Gasteiger partial charge in [0.2, 0.25) is 0 Å². The summed E-state index contributed by atoms with van der Waals surface area (Å²) in [5, 5.41) is 19.5. The van der Waals surface area contributed by atoms with Crippen molar-refractivity contribution in [3.63, 3.8) is 0 Å². The van der Waals surface area contributed by atoms with Crippen LogP contribution in [-0.4, -0.2) is 30.3 Å². The van der Waals surface area contributed by atoms with Crippen LogP contribution >= 0.6 is 11.6 Å². The summed E-state index contributed by atoms with van der Waals surface area (Å²) >= 11 is 5.99. The van der Waals surface area contributed by atoms with Crippen molar-refractivity contribution in [1.29, 1.82) is 5.26 Å². The number of anilines is 1. The second-order valence-corrected chi connectivity index (χ2v) is 6.33. The van der Waals surface area contributed by atoms with Crippen LogP contribution in [0.15, 0.2) is 54.2 Å². The fourth-order valence-electron chi connectivity index (χ4n) is 2.67. The first-order valence-electron chi connectivity index (χ1n) is 8.50. The number of amides is 1. The Balaban J connectivity index is 1.89. The molecule has 0 spiro atoms. The highest BCUT2D eigenvalue weighted by Gasteiger charge is 2.15. The summed E-state index contributed by atoms with van der Waals surface area (Å²) in [6.45, 7) is 0. The van der Waals surface area contributed by atoms with Crippen LogP contribution in [0.3, 0.4) is 0 Å². The van der Waals surface area contributed by atoms with E-state index in [1.165, 1.54) is 13.2 Å². The Kier molecular flexibility index (Phi) is 6.17. The van der Waals surface area contributed by atoms with E-state index in [4.69, 9.17) is 21.1 Å². The van der Waals surface area contributed by atoms with Gasteiger partial charge in [-0.05, 0) is 48.5 Å². The molecule has 0 saturated heterocycles. The van der Waals surface area contributed by atoms with Gasteiger partial charge < -0.3 is 14.8 Å². The van der Waals surface area contributed by atoms with Crippen LogP contribution in [0.2, 0.25) is 5.02 Å². The first-order chi connectivity index (χ1) is 14.0. The lowest BCUT2D eigenvalue weighted by Crippen LogP contribution is -2.14. The molecule has 0 aliphatic carbocycles. The number of nitriles is 1. The number of hydrogen-bond donors (Lipinski definition) is 2. The Labute approximate surface area is 172 Å². The minimum absolute atomic E-state index is 0.0943. The van der Waals surface area contributed by atoms with Crippen LogP contribution < -0.4 is 14.8 Å². The minimum Gasteiger partial charge on any atom is -0.497 e. The average molecular weight is 409 g/mol. The number of methoxy groups -OCH3 is 2. The average Bonchev–Trinajstić information content (AvgIpc) is 3.20.